The molecule has 0 aromatic carbocycles. The van der Waals surface area contributed by atoms with Crippen LogP contribution in [0.3, 0.4) is 0 Å². The number of alkyl halides is 1. The average molecular weight is 499 g/mol. The normalized spacial score (nSPS) is 36.9. The van der Waals surface area contributed by atoms with Gasteiger partial charge in [-0.15, -0.1) is 11.6 Å². The van der Waals surface area contributed by atoms with Gasteiger partial charge in [-0.05, 0) is 63.5 Å². The zero-order valence-corrected chi connectivity index (χ0v) is 21.9. The van der Waals surface area contributed by atoms with E-state index in [1.54, 1.807) is 6.21 Å². The first-order valence-corrected chi connectivity index (χ1v) is 13.9. The molecule has 9 heteroatoms. The van der Waals surface area contributed by atoms with Crippen LogP contribution in [0.2, 0.25) is 0 Å². The Labute approximate surface area is 210 Å². The number of carbonyl (C=O) groups is 1. The quantitative estimate of drug-likeness (QED) is 0.244. The van der Waals surface area contributed by atoms with Crippen molar-refractivity contribution in [2.45, 2.75) is 107 Å². The van der Waals surface area contributed by atoms with Gasteiger partial charge in [0.2, 0.25) is 5.91 Å². The number of rotatable bonds is 9. The van der Waals surface area contributed by atoms with Crippen LogP contribution >= 0.6 is 11.6 Å². The Hall–Kier alpha value is -0.770. The molecule has 8 nitrogen and oxygen atoms in total. The maximum atomic E-state index is 13.7. The molecule has 2 saturated heterocycles. The minimum atomic E-state index is -0.801. The van der Waals surface area contributed by atoms with Crippen LogP contribution < -0.4 is 27.4 Å². The second-order valence-corrected chi connectivity index (χ2v) is 11.1. The SMILES string of the molecule is CCCC1(CC)CCC(Cl)/C=N\C(C(C(=O)NC2CNCCC2OC2CCCNC2)C(N)N)C1. The minimum absolute atomic E-state index is 0.0207. The van der Waals surface area contributed by atoms with Gasteiger partial charge in [0, 0.05) is 19.3 Å². The summed E-state index contributed by atoms with van der Waals surface area (Å²) < 4.78 is 6.44. The molecular formula is C25H47ClN6O2. The van der Waals surface area contributed by atoms with Crippen molar-refractivity contribution in [3.05, 3.63) is 0 Å². The summed E-state index contributed by atoms with van der Waals surface area (Å²) in [6.45, 7) is 7.92. The van der Waals surface area contributed by atoms with Gasteiger partial charge in [0.05, 0.1) is 41.8 Å². The van der Waals surface area contributed by atoms with E-state index in [2.05, 4.69) is 29.8 Å². The first-order chi connectivity index (χ1) is 16.4. The van der Waals surface area contributed by atoms with Crippen molar-refractivity contribution >= 4 is 23.7 Å². The number of ether oxygens (including phenoxy) is 1. The Bertz CT molecular complexity index is 659. The van der Waals surface area contributed by atoms with E-state index >= 15 is 0 Å². The molecule has 7 atom stereocenters. The third kappa shape index (κ3) is 7.61. The second kappa shape index (κ2) is 13.5. The number of hydrogen-bond donors (Lipinski definition) is 5. The van der Waals surface area contributed by atoms with E-state index < -0.39 is 12.1 Å². The summed E-state index contributed by atoms with van der Waals surface area (Å²) in [7, 11) is 0. The van der Waals surface area contributed by atoms with Crippen LogP contribution in [0.1, 0.15) is 71.6 Å². The number of carbonyl (C=O) groups excluding carboxylic acids is 1. The molecule has 34 heavy (non-hydrogen) atoms. The fourth-order valence-corrected chi connectivity index (χ4v) is 6.18. The highest BCUT2D eigenvalue weighted by molar-refractivity contribution is 6.28. The maximum Gasteiger partial charge on any atom is 0.228 e. The number of hydrogen-bond acceptors (Lipinski definition) is 7. The van der Waals surface area contributed by atoms with Crippen LogP contribution in [0.5, 0.6) is 0 Å². The Morgan fingerprint density at radius 3 is 2.71 bits per heavy atom. The topological polar surface area (TPSA) is 127 Å². The van der Waals surface area contributed by atoms with E-state index in [0.29, 0.717) is 6.54 Å². The van der Waals surface area contributed by atoms with Crippen LogP contribution in [0.4, 0.5) is 0 Å². The summed E-state index contributed by atoms with van der Waals surface area (Å²) in [5, 5.41) is 9.92. The van der Waals surface area contributed by atoms with Crippen molar-refractivity contribution in [3.63, 3.8) is 0 Å². The lowest BCUT2D eigenvalue weighted by molar-refractivity contribution is -0.130. The highest BCUT2D eigenvalue weighted by Crippen LogP contribution is 2.42. The number of nitrogens with zero attached hydrogens (tertiary/aromatic N) is 1. The van der Waals surface area contributed by atoms with Gasteiger partial charge in [-0.2, -0.15) is 0 Å². The highest BCUT2D eigenvalue weighted by Gasteiger charge is 2.41. The smallest absolute Gasteiger partial charge is 0.228 e. The van der Waals surface area contributed by atoms with Gasteiger partial charge in [0.25, 0.3) is 0 Å². The summed E-state index contributed by atoms with van der Waals surface area (Å²) in [5.74, 6) is -0.741. The average Bonchev–Trinajstić information content (AvgIpc) is 2.82. The molecule has 0 aromatic heterocycles. The number of nitrogens with two attached hydrogens (primary N) is 2. The van der Waals surface area contributed by atoms with Crippen LogP contribution in [0, 0.1) is 11.3 Å². The first kappa shape index (κ1) is 27.8. The molecule has 0 aromatic rings. The van der Waals surface area contributed by atoms with Gasteiger partial charge in [-0.25, -0.2) is 0 Å². The molecule has 3 aliphatic rings. The van der Waals surface area contributed by atoms with E-state index in [-0.39, 0.29) is 41.0 Å². The fourth-order valence-electron chi connectivity index (χ4n) is 6.01. The summed E-state index contributed by atoms with van der Waals surface area (Å²) in [6, 6.07) is -0.402. The maximum absolute atomic E-state index is 13.7. The van der Waals surface area contributed by atoms with E-state index in [1.165, 1.54) is 0 Å². The molecule has 2 fully saturated rings. The van der Waals surface area contributed by atoms with Crippen molar-refractivity contribution in [2.75, 3.05) is 26.2 Å². The molecule has 7 N–H and O–H groups in total. The Morgan fingerprint density at radius 2 is 2.03 bits per heavy atom. The zero-order chi connectivity index (χ0) is 24.6. The number of halogens is 1. The monoisotopic (exact) mass is 498 g/mol. The lowest BCUT2D eigenvalue weighted by atomic mass is 9.69. The predicted octanol–water partition coefficient (Wildman–Crippen LogP) is 1.89. The molecule has 0 spiro atoms. The van der Waals surface area contributed by atoms with Gasteiger partial charge < -0.3 is 32.2 Å². The van der Waals surface area contributed by atoms with Crippen LogP contribution in [-0.2, 0) is 9.53 Å². The van der Waals surface area contributed by atoms with Gasteiger partial charge in [0.15, 0.2) is 0 Å². The molecule has 0 bridgehead atoms. The largest absolute Gasteiger partial charge is 0.371 e. The lowest BCUT2D eigenvalue weighted by Gasteiger charge is -2.41. The van der Waals surface area contributed by atoms with Gasteiger partial charge in [0.1, 0.15) is 0 Å². The first-order valence-electron chi connectivity index (χ1n) is 13.4. The second-order valence-electron chi connectivity index (χ2n) is 10.6. The molecule has 3 heterocycles. The van der Waals surface area contributed by atoms with Gasteiger partial charge in [-0.1, -0.05) is 26.7 Å². The van der Waals surface area contributed by atoms with Crippen LogP contribution in [0.15, 0.2) is 4.99 Å². The molecule has 3 rings (SSSR count). The molecule has 3 aliphatic heterocycles. The molecule has 0 saturated carbocycles. The molecule has 0 aliphatic carbocycles. The van der Waals surface area contributed by atoms with Crippen molar-refractivity contribution < 1.29 is 9.53 Å². The Balaban J connectivity index is 1.74. The highest BCUT2D eigenvalue weighted by atomic mass is 35.5. The summed E-state index contributed by atoms with van der Waals surface area (Å²) in [5.41, 5.74) is 12.6. The lowest BCUT2D eigenvalue weighted by Crippen LogP contribution is -2.60. The van der Waals surface area contributed by atoms with E-state index in [0.717, 1.165) is 77.4 Å². The van der Waals surface area contributed by atoms with Gasteiger partial charge in [-0.3, -0.25) is 9.79 Å². The van der Waals surface area contributed by atoms with Crippen molar-refractivity contribution in [1.82, 2.24) is 16.0 Å². The van der Waals surface area contributed by atoms with E-state index in [9.17, 15) is 4.79 Å². The Morgan fingerprint density at radius 1 is 1.24 bits per heavy atom. The number of amides is 1. The summed E-state index contributed by atoms with van der Waals surface area (Å²) >= 11 is 6.53. The van der Waals surface area contributed by atoms with Crippen LogP contribution in [-0.4, -0.2) is 74.1 Å². The van der Waals surface area contributed by atoms with Crippen molar-refractivity contribution in [3.8, 4) is 0 Å². The third-order valence-electron chi connectivity index (χ3n) is 8.06. The number of nitrogens with one attached hydrogen (secondary N) is 3. The van der Waals surface area contributed by atoms with E-state index in [1.807, 2.05) is 0 Å². The number of piperidine rings is 2. The minimum Gasteiger partial charge on any atom is -0.371 e. The predicted molar refractivity (Wildman–Crippen MR) is 139 cm³/mol. The Kier molecular flexibility index (Phi) is 11.1. The fraction of sp³-hybridized carbons (Fsp3) is 0.920. The summed E-state index contributed by atoms with van der Waals surface area (Å²) in [4.78, 5) is 18.5. The van der Waals surface area contributed by atoms with Crippen molar-refractivity contribution in [1.29, 1.82) is 0 Å². The summed E-state index contributed by atoms with van der Waals surface area (Å²) in [6.07, 6.45) is 10.2. The molecular weight excluding hydrogens is 452 g/mol. The van der Waals surface area contributed by atoms with E-state index in [4.69, 9.17) is 32.8 Å². The molecule has 7 unspecified atom stereocenters. The number of aliphatic imine (C=N–C) groups is 1. The molecule has 196 valence electrons. The standard InChI is InChI=1S/C25H47ClN6O2/c1-3-9-25(4-2)10-7-17(26)14-31-19(13-25)22(23(27)28)24(33)32-20-16-30-12-8-21(20)34-18-6-5-11-29-15-18/h14,17-23,29-30H,3-13,15-16,27-28H2,1-2H3,(H,32,33)/b31-14-. The molecule has 1 amide bonds. The third-order valence-corrected chi connectivity index (χ3v) is 8.39. The zero-order valence-electron chi connectivity index (χ0n) is 21.1. The van der Waals surface area contributed by atoms with Crippen molar-refractivity contribution in [2.24, 2.45) is 27.8 Å². The van der Waals surface area contributed by atoms with Gasteiger partial charge >= 0.3 is 0 Å². The molecule has 0 radical (unpaired) electrons. The van der Waals surface area contributed by atoms with Crippen LogP contribution in [0.25, 0.3) is 0 Å².